The third-order valence-corrected chi connectivity index (χ3v) is 7.29. The van der Waals surface area contributed by atoms with E-state index in [4.69, 9.17) is 5.10 Å². The maximum atomic E-state index is 13.3. The molecule has 0 spiro atoms. The highest BCUT2D eigenvalue weighted by atomic mass is 19.1. The SMILES string of the molecule is Cc1ccc(-n2nc(CN(C)C(=O)C3CCCC3)c3c2CCN(Cc2ccc(F)cc2)C3)cc1. The van der Waals surface area contributed by atoms with Crippen LogP contribution in [0.5, 0.6) is 0 Å². The predicted molar refractivity (Wildman–Crippen MR) is 131 cm³/mol. The minimum absolute atomic E-state index is 0.162. The van der Waals surface area contributed by atoms with Crippen molar-refractivity contribution in [1.29, 1.82) is 0 Å². The van der Waals surface area contributed by atoms with Crippen LogP contribution < -0.4 is 0 Å². The Labute approximate surface area is 201 Å². The first-order valence-corrected chi connectivity index (χ1v) is 12.4. The summed E-state index contributed by atoms with van der Waals surface area (Å²) in [5, 5.41) is 5.04. The summed E-state index contributed by atoms with van der Waals surface area (Å²) in [6.45, 7) is 5.08. The van der Waals surface area contributed by atoms with Gasteiger partial charge in [0.05, 0.1) is 23.6 Å². The Morgan fingerprint density at radius 1 is 1.09 bits per heavy atom. The molecule has 0 saturated heterocycles. The average Bonchev–Trinajstić information content (AvgIpc) is 3.49. The van der Waals surface area contributed by atoms with Gasteiger partial charge in [0.1, 0.15) is 5.82 Å². The number of nitrogens with zero attached hydrogens (tertiary/aromatic N) is 4. The number of halogens is 1. The van der Waals surface area contributed by atoms with E-state index in [0.29, 0.717) is 6.54 Å². The van der Waals surface area contributed by atoms with E-state index in [0.717, 1.165) is 68.7 Å². The van der Waals surface area contributed by atoms with Gasteiger partial charge in [-0.3, -0.25) is 9.69 Å². The second-order valence-corrected chi connectivity index (χ2v) is 9.88. The number of hydrogen-bond donors (Lipinski definition) is 0. The molecule has 1 amide bonds. The second-order valence-electron chi connectivity index (χ2n) is 9.88. The first-order valence-electron chi connectivity index (χ1n) is 12.4. The Kier molecular flexibility index (Phi) is 6.50. The Balaban J connectivity index is 1.42. The monoisotopic (exact) mass is 460 g/mol. The number of aromatic nitrogens is 2. The van der Waals surface area contributed by atoms with Crippen molar-refractivity contribution in [2.75, 3.05) is 13.6 Å². The molecule has 1 aromatic heterocycles. The van der Waals surface area contributed by atoms with Crippen molar-refractivity contribution in [3.8, 4) is 5.69 Å². The van der Waals surface area contributed by atoms with E-state index < -0.39 is 0 Å². The van der Waals surface area contributed by atoms with Crippen LogP contribution >= 0.6 is 0 Å². The Hall–Kier alpha value is -2.99. The summed E-state index contributed by atoms with van der Waals surface area (Å²) in [4.78, 5) is 17.3. The molecular formula is C28H33FN4O. The molecule has 178 valence electrons. The van der Waals surface area contributed by atoms with Crippen molar-refractivity contribution in [2.24, 2.45) is 5.92 Å². The molecule has 0 atom stereocenters. The van der Waals surface area contributed by atoms with Crippen LogP contribution in [0.1, 0.15) is 53.8 Å². The third kappa shape index (κ3) is 4.78. The molecule has 34 heavy (non-hydrogen) atoms. The fourth-order valence-electron chi connectivity index (χ4n) is 5.34. The highest BCUT2D eigenvalue weighted by Gasteiger charge is 2.29. The normalized spacial score (nSPS) is 16.6. The number of hydrogen-bond acceptors (Lipinski definition) is 3. The van der Waals surface area contributed by atoms with Crippen LogP contribution in [-0.4, -0.2) is 39.1 Å². The van der Waals surface area contributed by atoms with E-state index in [1.54, 1.807) is 0 Å². The molecule has 5 nitrogen and oxygen atoms in total. The summed E-state index contributed by atoms with van der Waals surface area (Å²) in [5.41, 5.74) is 6.82. The Morgan fingerprint density at radius 2 is 1.79 bits per heavy atom. The lowest BCUT2D eigenvalue weighted by Crippen LogP contribution is -2.33. The quantitative estimate of drug-likeness (QED) is 0.518. The Bertz CT molecular complexity index is 1150. The van der Waals surface area contributed by atoms with E-state index >= 15 is 0 Å². The maximum Gasteiger partial charge on any atom is 0.225 e. The fourth-order valence-corrected chi connectivity index (χ4v) is 5.34. The number of rotatable bonds is 6. The van der Waals surface area contributed by atoms with E-state index in [9.17, 15) is 9.18 Å². The zero-order chi connectivity index (χ0) is 23.7. The molecule has 0 N–H and O–H groups in total. The second kappa shape index (κ2) is 9.71. The van der Waals surface area contributed by atoms with Crippen LogP contribution in [0.15, 0.2) is 48.5 Å². The summed E-state index contributed by atoms with van der Waals surface area (Å²) < 4.78 is 15.4. The summed E-state index contributed by atoms with van der Waals surface area (Å²) >= 11 is 0. The van der Waals surface area contributed by atoms with Crippen molar-refractivity contribution in [2.45, 2.75) is 58.7 Å². The van der Waals surface area contributed by atoms with Gasteiger partial charge in [-0.25, -0.2) is 9.07 Å². The molecule has 1 aliphatic heterocycles. The van der Waals surface area contributed by atoms with E-state index in [1.807, 2.05) is 24.1 Å². The highest BCUT2D eigenvalue weighted by Crippen LogP contribution is 2.30. The van der Waals surface area contributed by atoms with Crippen molar-refractivity contribution >= 4 is 5.91 Å². The molecule has 1 fully saturated rings. The van der Waals surface area contributed by atoms with Crippen molar-refractivity contribution < 1.29 is 9.18 Å². The van der Waals surface area contributed by atoms with Gasteiger partial charge in [0, 0.05) is 44.6 Å². The molecule has 2 aliphatic rings. The van der Waals surface area contributed by atoms with Crippen LogP contribution in [0.3, 0.4) is 0 Å². The number of carbonyl (C=O) groups is 1. The van der Waals surface area contributed by atoms with Crippen molar-refractivity contribution in [1.82, 2.24) is 19.6 Å². The van der Waals surface area contributed by atoms with Crippen molar-refractivity contribution in [3.05, 3.63) is 82.4 Å². The van der Waals surface area contributed by atoms with Gasteiger partial charge in [0.2, 0.25) is 5.91 Å². The molecule has 0 bridgehead atoms. The zero-order valence-electron chi connectivity index (χ0n) is 20.1. The van der Waals surface area contributed by atoms with Gasteiger partial charge in [-0.05, 0) is 49.6 Å². The predicted octanol–water partition coefficient (Wildman–Crippen LogP) is 5.03. The molecule has 5 rings (SSSR count). The van der Waals surface area contributed by atoms with E-state index in [2.05, 4.69) is 40.8 Å². The lowest BCUT2D eigenvalue weighted by molar-refractivity contribution is -0.134. The van der Waals surface area contributed by atoms with Gasteiger partial charge < -0.3 is 4.90 Å². The molecule has 1 aliphatic carbocycles. The van der Waals surface area contributed by atoms with E-state index in [1.165, 1.54) is 29.0 Å². The van der Waals surface area contributed by atoms with Crippen LogP contribution in [-0.2, 0) is 30.8 Å². The van der Waals surface area contributed by atoms with Gasteiger partial charge >= 0.3 is 0 Å². The molecule has 0 radical (unpaired) electrons. The lowest BCUT2D eigenvalue weighted by atomic mass is 10.0. The van der Waals surface area contributed by atoms with Crippen LogP contribution in [0.25, 0.3) is 5.69 Å². The Morgan fingerprint density at radius 3 is 2.50 bits per heavy atom. The molecule has 1 saturated carbocycles. The first-order chi connectivity index (χ1) is 16.5. The van der Waals surface area contributed by atoms with Crippen molar-refractivity contribution in [3.63, 3.8) is 0 Å². The zero-order valence-corrected chi connectivity index (χ0v) is 20.1. The topological polar surface area (TPSA) is 41.4 Å². The summed E-state index contributed by atoms with van der Waals surface area (Å²) in [6.07, 6.45) is 5.20. The van der Waals surface area contributed by atoms with Gasteiger partial charge in [-0.1, -0.05) is 42.7 Å². The maximum absolute atomic E-state index is 13.3. The number of carbonyl (C=O) groups excluding carboxylic acids is 1. The van der Waals surface area contributed by atoms with E-state index in [-0.39, 0.29) is 17.6 Å². The standard InChI is InChI=1S/C28H33FN4O/c1-20-7-13-24(14-8-20)33-27-15-16-32(17-21-9-11-23(29)12-10-21)18-25(27)26(30-33)19-31(2)28(34)22-5-3-4-6-22/h7-14,22H,3-6,15-19H2,1-2H3. The van der Waals surface area contributed by atoms with Crippen LogP contribution in [0, 0.1) is 18.7 Å². The van der Waals surface area contributed by atoms with Gasteiger partial charge in [0.25, 0.3) is 0 Å². The third-order valence-electron chi connectivity index (χ3n) is 7.29. The minimum Gasteiger partial charge on any atom is -0.340 e. The lowest BCUT2D eigenvalue weighted by Gasteiger charge is -2.28. The molecule has 6 heteroatoms. The largest absolute Gasteiger partial charge is 0.340 e. The number of fused-ring (bicyclic) bond motifs is 1. The molecule has 2 aromatic carbocycles. The fraction of sp³-hybridized carbons (Fsp3) is 0.429. The summed E-state index contributed by atoms with van der Waals surface area (Å²) in [5.74, 6) is 0.200. The molecular weight excluding hydrogens is 427 g/mol. The average molecular weight is 461 g/mol. The minimum atomic E-state index is -0.207. The first kappa shape index (κ1) is 22.8. The van der Waals surface area contributed by atoms with Gasteiger partial charge in [-0.2, -0.15) is 5.10 Å². The summed E-state index contributed by atoms with van der Waals surface area (Å²) in [6, 6.07) is 15.2. The molecule has 2 heterocycles. The number of benzene rings is 2. The number of aryl methyl sites for hydroxylation is 1. The molecule has 3 aromatic rings. The highest BCUT2D eigenvalue weighted by molar-refractivity contribution is 5.78. The van der Waals surface area contributed by atoms with Gasteiger partial charge in [-0.15, -0.1) is 0 Å². The van der Waals surface area contributed by atoms with Crippen LogP contribution in [0.2, 0.25) is 0 Å². The smallest absolute Gasteiger partial charge is 0.225 e. The van der Waals surface area contributed by atoms with Crippen LogP contribution in [0.4, 0.5) is 4.39 Å². The number of amides is 1. The molecule has 0 unspecified atom stereocenters. The summed E-state index contributed by atoms with van der Waals surface area (Å²) in [7, 11) is 1.91. The van der Waals surface area contributed by atoms with Gasteiger partial charge in [0.15, 0.2) is 0 Å².